The lowest BCUT2D eigenvalue weighted by molar-refractivity contribution is 0.601. The third kappa shape index (κ3) is 4.49. The van der Waals surface area contributed by atoms with Gasteiger partial charge in [-0.1, -0.05) is 35.9 Å². The van der Waals surface area contributed by atoms with E-state index in [4.69, 9.17) is 0 Å². The van der Waals surface area contributed by atoms with Crippen LogP contribution in [0.2, 0.25) is 0 Å². The van der Waals surface area contributed by atoms with Crippen LogP contribution >= 0.6 is 0 Å². The van der Waals surface area contributed by atoms with Gasteiger partial charge in [0, 0.05) is 12.1 Å². The molecule has 0 spiro atoms. The Balaban J connectivity index is 1.41. The molecule has 0 atom stereocenters. The van der Waals surface area contributed by atoms with Crippen molar-refractivity contribution >= 4 is 26.7 Å². The summed E-state index contributed by atoms with van der Waals surface area (Å²) in [5, 5.41) is 0. The third-order valence-electron chi connectivity index (χ3n) is 4.87. The van der Waals surface area contributed by atoms with Crippen LogP contribution in [-0.2, 0) is 22.9 Å². The first-order chi connectivity index (χ1) is 13.9. The summed E-state index contributed by atoms with van der Waals surface area (Å²) in [5.74, 6) is 0.953. The Morgan fingerprint density at radius 1 is 0.862 bits per heavy atom. The van der Waals surface area contributed by atoms with Crippen LogP contribution < -0.4 is 4.72 Å². The van der Waals surface area contributed by atoms with E-state index in [-0.39, 0.29) is 4.90 Å². The zero-order valence-corrected chi connectivity index (χ0v) is 17.3. The van der Waals surface area contributed by atoms with Gasteiger partial charge in [0.05, 0.1) is 15.9 Å². The van der Waals surface area contributed by atoms with Crippen molar-refractivity contribution in [2.45, 2.75) is 31.6 Å². The van der Waals surface area contributed by atoms with E-state index < -0.39 is 10.0 Å². The van der Waals surface area contributed by atoms with Crippen molar-refractivity contribution in [3.05, 3.63) is 89.2 Å². The number of rotatable bonds is 6. The van der Waals surface area contributed by atoms with Gasteiger partial charge in [-0.05, 0) is 67.8 Å². The average molecular weight is 406 g/mol. The maximum Gasteiger partial charge on any atom is 0.261 e. The SMILES string of the molecule is Cc1ccc(S(=O)(=O)Nc2ccc(CCc3nc4ccc(C)cc4[nH]3)cc2)cc1. The molecule has 6 heteroatoms. The van der Waals surface area contributed by atoms with Crippen LogP contribution in [0.3, 0.4) is 0 Å². The number of hydrogen-bond donors (Lipinski definition) is 2. The zero-order chi connectivity index (χ0) is 20.4. The molecule has 1 aromatic heterocycles. The Bertz CT molecular complexity index is 1240. The van der Waals surface area contributed by atoms with Crippen LogP contribution in [0.4, 0.5) is 5.69 Å². The minimum absolute atomic E-state index is 0.257. The van der Waals surface area contributed by atoms with Gasteiger partial charge >= 0.3 is 0 Å². The van der Waals surface area contributed by atoms with Gasteiger partial charge in [0.15, 0.2) is 0 Å². The summed E-state index contributed by atoms with van der Waals surface area (Å²) in [4.78, 5) is 8.25. The van der Waals surface area contributed by atoms with Crippen molar-refractivity contribution in [2.75, 3.05) is 4.72 Å². The Morgan fingerprint density at radius 3 is 2.28 bits per heavy atom. The number of imidazole rings is 1. The number of nitrogens with one attached hydrogen (secondary N) is 2. The lowest BCUT2D eigenvalue weighted by atomic mass is 10.1. The standard InChI is InChI=1S/C23H23N3O2S/c1-16-3-11-20(12-4-16)29(27,28)26-19-9-6-18(7-10-19)8-14-23-24-21-13-5-17(2)15-22(21)25-23/h3-7,9-13,15,26H,8,14H2,1-2H3,(H,24,25). The average Bonchev–Trinajstić information content (AvgIpc) is 3.09. The summed E-state index contributed by atoms with van der Waals surface area (Å²) in [6.07, 6.45) is 1.62. The number of benzene rings is 3. The topological polar surface area (TPSA) is 74.8 Å². The molecule has 148 valence electrons. The van der Waals surface area contributed by atoms with Crippen molar-refractivity contribution in [3.8, 4) is 0 Å². The van der Waals surface area contributed by atoms with E-state index in [0.717, 1.165) is 40.8 Å². The second kappa shape index (κ2) is 7.72. The lowest BCUT2D eigenvalue weighted by Crippen LogP contribution is -2.12. The van der Waals surface area contributed by atoms with Crippen LogP contribution in [0.15, 0.2) is 71.6 Å². The fourth-order valence-corrected chi connectivity index (χ4v) is 4.29. The Hall–Kier alpha value is -3.12. The van der Waals surface area contributed by atoms with Crippen molar-refractivity contribution in [3.63, 3.8) is 0 Å². The first-order valence-electron chi connectivity index (χ1n) is 9.53. The number of aromatic amines is 1. The second-order valence-corrected chi connectivity index (χ2v) is 9.00. The number of sulfonamides is 1. The van der Waals surface area contributed by atoms with Crippen LogP contribution in [0.1, 0.15) is 22.5 Å². The molecular formula is C23H23N3O2S. The molecule has 1 heterocycles. The molecule has 0 aliphatic heterocycles. The van der Waals surface area contributed by atoms with Gasteiger partial charge in [-0.2, -0.15) is 0 Å². The molecule has 0 unspecified atom stereocenters. The van der Waals surface area contributed by atoms with E-state index >= 15 is 0 Å². The van der Waals surface area contributed by atoms with Gasteiger partial charge in [0.2, 0.25) is 0 Å². The largest absolute Gasteiger partial charge is 0.342 e. The van der Waals surface area contributed by atoms with Crippen LogP contribution in [-0.4, -0.2) is 18.4 Å². The van der Waals surface area contributed by atoms with Crippen molar-refractivity contribution < 1.29 is 8.42 Å². The van der Waals surface area contributed by atoms with E-state index in [1.165, 1.54) is 5.56 Å². The molecule has 0 saturated heterocycles. The predicted molar refractivity (Wildman–Crippen MR) is 117 cm³/mol. The highest BCUT2D eigenvalue weighted by atomic mass is 32.2. The maximum atomic E-state index is 12.5. The highest BCUT2D eigenvalue weighted by Crippen LogP contribution is 2.19. The molecule has 0 radical (unpaired) electrons. The summed E-state index contributed by atoms with van der Waals surface area (Å²) < 4.78 is 27.6. The molecule has 0 bridgehead atoms. The van der Waals surface area contributed by atoms with Gasteiger partial charge < -0.3 is 4.98 Å². The van der Waals surface area contributed by atoms with Crippen LogP contribution in [0.25, 0.3) is 11.0 Å². The molecule has 3 aromatic carbocycles. The van der Waals surface area contributed by atoms with Gasteiger partial charge in [-0.15, -0.1) is 0 Å². The van der Waals surface area contributed by atoms with E-state index in [0.29, 0.717) is 5.69 Å². The molecule has 29 heavy (non-hydrogen) atoms. The molecule has 0 amide bonds. The van der Waals surface area contributed by atoms with Gasteiger partial charge in [0.1, 0.15) is 5.82 Å². The molecule has 0 aliphatic carbocycles. The first-order valence-corrected chi connectivity index (χ1v) is 11.0. The molecule has 0 aliphatic rings. The number of aromatic nitrogens is 2. The number of aryl methyl sites for hydroxylation is 4. The van der Waals surface area contributed by atoms with Crippen molar-refractivity contribution in [1.82, 2.24) is 9.97 Å². The van der Waals surface area contributed by atoms with Crippen LogP contribution in [0.5, 0.6) is 0 Å². The highest BCUT2D eigenvalue weighted by molar-refractivity contribution is 7.92. The minimum Gasteiger partial charge on any atom is -0.342 e. The number of hydrogen-bond acceptors (Lipinski definition) is 3. The molecular weight excluding hydrogens is 382 g/mol. The molecule has 0 saturated carbocycles. The van der Waals surface area contributed by atoms with Crippen molar-refractivity contribution in [1.29, 1.82) is 0 Å². The number of fused-ring (bicyclic) bond motifs is 1. The second-order valence-electron chi connectivity index (χ2n) is 7.32. The first kappa shape index (κ1) is 19.2. The molecule has 5 nitrogen and oxygen atoms in total. The number of anilines is 1. The molecule has 4 rings (SSSR count). The Labute approximate surface area is 170 Å². The monoisotopic (exact) mass is 405 g/mol. The smallest absolute Gasteiger partial charge is 0.261 e. The van der Waals surface area contributed by atoms with Gasteiger partial charge in [-0.3, -0.25) is 4.72 Å². The van der Waals surface area contributed by atoms with Crippen LogP contribution in [0, 0.1) is 13.8 Å². The fourth-order valence-electron chi connectivity index (χ4n) is 3.23. The third-order valence-corrected chi connectivity index (χ3v) is 6.27. The quantitative estimate of drug-likeness (QED) is 0.485. The normalized spacial score (nSPS) is 11.7. The van der Waals surface area contributed by atoms with E-state index in [2.05, 4.69) is 33.7 Å². The van der Waals surface area contributed by atoms with Gasteiger partial charge in [0.25, 0.3) is 10.0 Å². The highest BCUT2D eigenvalue weighted by Gasteiger charge is 2.13. The fraction of sp³-hybridized carbons (Fsp3) is 0.174. The summed E-state index contributed by atoms with van der Waals surface area (Å²) >= 11 is 0. The van der Waals surface area contributed by atoms with E-state index in [1.807, 2.05) is 25.1 Å². The summed E-state index contributed by atoms with van der Waals surface area (Å²) in [6.45, 7) is 3.99. The minimum atomic E-state index is -3.58. The molecule has 0 fully saturated rings. The number of H-pyrrole nitrogens is 1. The zero-order valence-electron chi connectivity index (χ0n) is 16.4. The maximum absolute atomic E-state index is 12.5. The van der Waals surface area contributed by atoms with Gasteiger partial charge in [-0.25, -0.2) is 13.4 Å². The van der Waals surface area contributed by atoms with E-state index in [1.54, 1.807) is 36.4 Å². The molecule has 4 aromatic rings. The Morgan fingerprint density at radius 2 is 1.55 bits per heavy atom. The summed E-state index contributed by atoms with van der Waals surface area (Å²) in [7, 11) is -3.58. The Kier molecular flexibility index (Phi) is 5.11. The lowest BCUT2D eigenvalue weighted by Gasteiger charge is -2.09. The van der Waals surface area contributed by atoms with Crippen molar-refractivity contribution in [2.24, 2.45) is 0 Å². The summed E-state index contributed by atoms with van der Waals surface area (Å²) in [6, 6.07) is 20.5. The number of nitrogens with zero attached hydrogens (tertiary/aromatic N) is 1. The molecule has 2 N–H and O–H groups in total. The van der Waals surface area contributed by atoms with E-state index in [9.17, 15) is 8.42 Å². The predicted octanol–water partition coefficient (Wildman–Crippen LogP) is 4.77. The summed E-state index contributed by atoms with van der Waals surface area (Å²) in [5.41, 5.74) is 5.94.